The van der Waals surface area contributed by atoms with Gasteiger partial charge in [-0.15, -0.1) is 5.10 Å². The van der Waals surface area contributed by atoms with Gasteiger partial charge in [0.2, 0.25) is 5.89 Å². The van der Waals surface area contributed by atoms with E-state index >= 15 is 0 Å². The molecule has 0 atom stereocenters. The minimum absolute atomic E-state index is 0.0172. The molecule has 0 fully saturated rings. The molecule has 94 valence electrons. The van der Waals surface area contributed by atoms with Crippen molar-refractivity contribution in [1.29, 1.82) is 0 Å². The molecule has 0 saturated carbocycles. The molecule has 1 aromatic carbocycles. The van der Waals surface area contributed by atoms with Crippen LogP contribution in [0.3, 0.4) is 0 Å². The van der Waals surface area contributed by atoms with Crippen molar-refractivity contribution < 1.29 is 13.6 Å². The van der Waals surface area contributed by atoms with Crippen molar-refractivity contribution in [2.75, 3.05) is 0 Å². The van der Waals surface area contributed by atoms with E-state index in [4.69, 9.17) is 16.0 Å². The van der Waals surface area contributed by atoms with Crippen LogP contribution in [-0.4, -0.2) is 16.1 Å². The first-order chi connectivity index (χ1) is 8.58. The zero-order chi connectivity index (χ0) is 13.1. The maximum atomic E-state index is 13.4. The van der Waals surface area contributed by atoms with Gasteiger partial charge in [0, 0.05) is 0 Å². The second-order valence-electron chi connectivity index (χ2n) is 3.29. The largest absolute Gasteiger partial charge is 0.412 e. The second-order valence-corrected chi connectivity index (χ2v) is 4.06. The summed E-state index contributed by atoms with van der Waals surface area (Å²) in [4.78, 5) is 11.8. The van der Waals surface area contributed by atoms with Gasteiger partial charge in [0.25, 0.3) is 10.7 Å². The van der Waals surface area contributed by atoms with Gasteiger partial charge in [-0.2, -0.15) is 0 Å². The normalized spacial score (nSPS) is 10.3. The highest BCUT2D eigenvalue weighted by molar-refractivity contribution is 7.71. The third kappa shape index (κ3) is 2.74. The molecule has 0 aliphatic carbocycles. The van der Waals surface area contributed by atoms with Crippen LogP contribution in [0.5, 0.6) is 0 Å². The van der Waals surface area contributed by atoms with Crippen LogP contribution in [0.15, 0.2) is 22.6 Å². The van der Waals surface area contributed by atoms with Crippen molar-refractivity contribution in [2.24, 2.45) is 0 Å². The first kappa shape index (κ1) is 12.7. The van der Waals surface area contributed by atoms with E-state index in [1.807, 2.05) is 0 Å². The van der Waals surface area contributed by atoms with Crippen molar-refractivity contribution in [2.45, 2.75) is 6.54 Å². The summed E-state index contributed by atoms with van der Waals surface area (Å²) < 4.78 is 18.4. The molecule has 18 heavy (non-hydrogen) atoms. The molecule has 0 aliphatic rings. The Morgan fingerprint density at radius 2 is 2.39 bits per heavy atom. The Kier molecular flexibility index (Phi) is 3.73. The smallest absolute Gasteiger partial charge is 0.284 e. The number of H-pyrrole nitrogens is 1. The van der Waals surface area contributed by atoms with Gasteiger partial charge in [-0.05, 0) is 24.4 Å². The summed E-state index contributed by atoms with van der Waals surface area (Å²) in [6.07, 6.45) is 0. The van der Waals surface area contributed by atoms with Crippen LogP contribution in [0, 0.1) is 10.7 Å². The Morgan fingerprint density at radius 1 is 1.61 bits per heavy atom. The Balaban J connectivity index is 2.11. The number of benzene rings is 1. The van der Waals surface area contributed by atoms with E-state index in [0.29, 0.717) is 0 Å². The average molecular weight is 288 g/mol. The highest BCUT2D eigenvalue weighted by atomic mass is 35.5. The SMILES string of the molecule is O=C(NCc1n[nH]c(=S)o1)c1c(F)cccc1Cl. The quantitative estimate of drug-likeness (QED) is 0.851. The van der Waals surface area contributed by atoms with E-state index in [1.54, 1.807) is 0 Å². The predicted octanol–water partition coefficient (Wildman–Crippen LogP) is 2.45. The van der Waals surface area contributed by atoms with Gasteiger partial charge in [0.1, 0.15) is 5.82 Å². The second kappa shape index (κ2) is 5.28. The molecule has 2 N–H and O–H groups in total. The molecule has 8 heteroatoms. The molecule has 5 nitrogen and oxygen atoms in total. The molecule has 1 aromatic heterocycles. The summed E-state index contributed by atoms with van der Waals surface area (Å²) in [7, 11) is 0. The highest BCUT2D eigenvalue weighted by Crippen LogP contribution is 2.18. The Labute approximate surface area is 111 Å². The number of nitrogens with one attached hydrogen (secondary N) is 2. The van der Waals surface area contributed by atoms with Crippen LogP contribution in [-0.2, 0) is 6.54 Å². The van der Waals surface area contributed by atoms with Crippen LogP contribution >= 0.6 is 23.8 Å². The average Bonchev–Trinajstić information content (AvgIpc) is 2.72. The number of rotatable bonds is 3. The van der Waals surface area contributed by atoms with Gasteiger partial charge in [-0.25, -0.2) is 9.49 Å². The zero-order valence-corrected chi connectivity index (χ0v) is 10.4. The lowest BCUT2D eigenvalue weighted by molar-refractivity contribution is 0.0943. The standard InChI is InChI=1S/C10H7ClFN3O2S/c11-5-2-1-3-6(12)8(5)9(16)13-4-7-14-15-10(18)17-7/h1-3H,4H2,(H,13,16)(H,15,18). The number of halogens is 2. The molecule has 2 rings (SSSR count). The predicted molar refractivity (Wildman–Crippen MR) is 64.3 cm³/mol. The lowest BCUT2D eigenvalue weighted by Crippen LogP contribution is -2.24. The number of aromatic nitrogens is 2. The number of hydrogen-bond donors (Lipinski definition) is 2. The van der Waals surface area contributed by atoms with Gasteiger partial charge < -0.3 is 9.73 Å². The van der Waals surface area contributed by atoms with Gasteiger partial charge in [0.05, 0.1) is 17.1 Å². The number of amides is 1. The fourth-order valence-electron chi connectivity index (χ4n) is 1.30. The lowest BCUT2D eigenvalue weighted by atomic mass is 10.2. The van der Waals surface area contributed by atoms with Gasteiger partial charge >= 0.3 is 0 Å². The fourth-order valence-corrected chi connectivity index (χ4v) is 1.69. The minimum Gasteiger partial charge on any atom is -0.412 e. The van der Waals surface area contributed by atoms with E-state index in [9.17, 15) is 9.18 Å². The van der Waals surface area contributed by atoms with Crippen LogP contribution in [0.4, 0.5) is 4.39 Å². The van der Waals surface area contributed by atoms with Crippen LogP contribution in [0.2, 0.25) is 5.02 Å². The first-order valence-corrected chi connectivity index (χ1v) is 5.63. The highest BCUT2D eigenvalue weighted by Gasteiger charge is 2.15. The van der Waals surface area contributed by atoms with E-state index in [-0.39, 0.29) is 27.9 Å². The summed E-state index contributed by atoms with van der Waals surface area (Å²) in [5, 5.41) is 8.55. The van der Waals surface area contributed by atoms with Crippen molar-refractivity contribution in [3.63, 3.8) is 0 Å². The van der Waals surface area contributed by atoms with Gasteiger partial charge in [-0.3, -0.25) is 4.79 Å². The van der Waals surface area contributed by atoms with E-state index in [0.717, 1.165) is 6.07 Å². The summed E-state index contributed by atoms with van der Waals surface area (Å²) >= 11 is 10.4. The molecule has 0 aliphatic heterocycles. The summed E-state index contributed by atoms with van der Waals surface area (Å²) in [5.41, 5.74) is -0.215. The van der Waals surface area contributed by atoms with E-state index < -0.39 is 11.7 Å². The topological polar surface area (TPSA) is 70.9 Å². The van der Waals surface area contributed by atoms with E-state index in [2.05, 4.69) is 27.7 Å². The maximum Gasteiger partial charge on any atom is 0.284 e. The summed E-state index contributed by atoms with van der Waals surface area (Å²) in [6.45, 7) is -0.0172. The number of carbonyl (C=O) groups is 1. The Hall–Kier alpha value is -1.73. The van der Waals surface area contributed by atoms with Crippen LogP contribution < -0.4 is 5.32 Å². The number of aromatic amines is 1. The molecular weight excluding hydrogens is 281 g/mol. The zero-order valence-electron chi connectivity index (χ0n) is 8.87. The Morgan fingerprint density at radius 3 is 3.00 bits per heavy atom. The molecule has 0 unspecified atom stereocenters. The number of nitrogens with zero attached hydrogens (tertiary/aromatic N) is 1. The third-order valence-electron chi connectivity index (χ3n) is 2.07. The number of carbonyl (C=O) groups excluding carboxylic acids is 1. The van der Waals surface area contributed by atoms with Gasteiger partial charge in [0.15, 0.2) is 0 Å². The van der Waals surface area contributed by atoms with Crippen molar-refractivity contribution in [3.05, 3.63) is 45.3 Å². The molecule has 0 spiro atoms. The lowest BCUT2D eigenvalue weighted by Gasteiger charge is -2.05. The molecule has 1 heterocycles. The molecular formula is C10H7ClFN3O2S. The molecule has 0 radical (unpaired) electrons. The van der Waals surface area contributed by atoms with E-state index in [1.165, 1.54) is 12.1 Å². The van der Waals surface area contributed by atoms with Crippen LogP contribution in [0.25, 0.3) is 0 Å². The molecule has 1 amide bonds. The summed E-state index contributed by atoms with van der Waals surface area (Å²) in [6, 6.07) is 4.00. The fraction of sp³-hybridized carbons (Fsp3) is 0.100. The summed E-state index contributed by atoms with van der Waals surface area (Å²) in [5.74, 6) is -1.15. The monoisotopic (exact) mass is 287 g/mol. The van der Waals surface area contributed by atoms with Crippen molar-refractivity contribution >= 4 is 29.7 Å². The van der Waals surface area contributed by atoms with Crippen molar-refractivity contribution in [1.82, 2.24) is 15.5 Å². The Bertz CT molecular complexity index is 620. The van der Waals surface area contributed by atoms with Gasteiger partial charge in [-0.1, -0.05) is 17.7 Å². The minimum atomic E-state index is -0.692. The van der Waals surface area contributed by atoms with Crippen molar-refractivity contribution in [3.8, 4) is 0 Å². The maximum absolute atomic E-state index is 13.4. The first-order valence-electron chi connectivity index (χ1n) is 4.84. The number of hydrogen-bond acceptors (Lipinski definition) is 4. The molecule has 0 saturated heterocycles. The molecule has 2 aromatic rings. The molecule has 0 bridgehead atoms. The third-order valence-corrected chi connectivity index (χ3v) is 2.56. The van der Waals surface area contributed by atoms with Crippen LogP contribution in [0.1, 0.15) is 16.2 Å².